The molecule has 0 saturated carbocycles. The Morgan fingerprint density at radius 1 is 0.966 bits per heavy atom. The summed E-state index contributed by atoms with van der Waals surface area (Å²) < 4.78 is 28.1. The van der Waals surface area contributed by atoms with Crippen molar-refractivity contribution in [1.82, 2.24) is 9.97 Å². The lowest BCUT2D eigenvalue weighted by Gasteiger charge is -2.24. The van der Waals surface area contributed by atoms with Gasteiger partial charge in [0, 0.05) is 29.0 Å². The number of nitrogen functional groups attached to an aromatic ring is 1. The number of nitrogens with zero attached hydrogens (tertiary/aromatic N) is 3. The molecule has 29 heavy (non-hydrogen) atoms. The first-order chi connectivity index (χ1) is 14.0. The Morgan fingerprint density at radius 3 is 2.34 bits per heavy atom. The van der Waals surface area contributed by atoms with Gasteiger partial charge in [-0.05, 0) is 42.0 Å². The van der Waals surface area contributed by atoms with Crippen molar-refractivity contribution >= 4 is 32.7 Å². The minimum atomic E-state index is -3.79. The van der Waals surface area contributed by atoms with Crippen LogP contribution >= 0.6 is 11.3 Å². The van der Waals surface area contributed by atoms with Crippen LogP contribution in [-0.4, -0.2) is 18.4 Å². The second kappa shape index (κ2) is 8.02. The fourth-order valence-electron chi connectivity index (χ4n) is 2.87. The summed E-state index contributed by atoms with van der Waals surface area (Å²) in [6.45, 7) is 0.177. The second-order valence-electron chi connectivity index (χ2n) is 6.33. The molecule has 0 unspecified atom stereocenters. The number of sulfonamides is 1. The molecule has 4 rings (SSSR count). The van der Waals surface area contributed by atoms with E-state index in [1.807, 2.05) is 29.6 Å². The van der Waals surface area contributed by atoms with Crippen molar-refractivity contribution in [3.05, 3.63) is 90.2 Å². The van der Waals surface area contributed by atoms with Crippen molar-refractivity contribution in [2.45, 2.75) is 11.4 Å². The van der Waals surface area contributed by atoms with E-state index in [-0.39, 0.29) is 11.4 Å². The molecule has 0 aliphatic heterocycles. The van der Waals surface area contributed by atoms with E-state index < -0.39 is 10.0 Å². The van der Waals surface area contributed by atoms with Gasteiger partial charge < -0.3 is 5.73 Å². The quantitative estimate of drug-likeness (QED) is 0.471. The van der Waals surface area contributed by atoms with Gasteiger partial charge in [0.1, 0.15) is 5.01 Å². The molecule has 2 aromatic heterocycles. The van der Waals surface area contributed by atoms with E-state index in [2.05, 4.69) is 9.97 Å². The van der Waals surface area contributed by atoms with Crippen molar-refractivity contribution in [3.63, 3.8) is 0 Å². The van der Waals surface area contributed by atoms with Gasteiger partial charge in [-0.15, -0.1) is 11.3 Å². The molecule has 0 aliphatic carbocycles. The molecule has 0 saturated heterocycles. The lowest BCUT2D eigenvalue weighted by atomic mass is 10.1. The van der Waals surface area contributed by atoms with Gasteiger partial charge in [0.25, 0.3) is 10.0 Å². The van der Waals surface area contributed by atoms with E-state index in [1.165, 1.54) is 16.4 Å². The van der Waals surface area contributed by atoms with Crippen molar-refractivity contribution in [2.24, 2.45) is 0 Å². The van der Waals surface area contributed by atoms with Gasteiger partial charge in [0.05, 0.1) is 23.3 Å². The summed E-state index contributed by atoms with van der Waals surface area (Å²) in [6, 6.07) is 17.4. The van der Waals surface area contributed by atoms with E-state index in [9.17, 15) is 8.42 Å². The monoisotopic (exact) mass is 422 g/mol. The summed E-state index contributed by atoms with van der Waals surface area (Å²) in [4.78, 5) is 8.56. The highest BCUT2D eigenvalue weighted by Crippen LogP contribution is 2.27. The van der Waals surface area contributed by atoms with Crippen LogP contribution in [0.2, 0.25) is 0 Å². The molecule has 4 aromatic rings. The van der Waals surface area contributed by atoms with Gasteiger partial charge in [0.15, 0.2) is 0 Å². The molecule has 0 atom stereocenters. The maximum Gasteiger partial charge on any atom is 0.264 e. The smallest absolute Gasteiger partial charge is 0.264 e. The van der Waals surface area contributed by atoms with E-state index in [0.717, 1.165) is 16.1 Å². The molecule has 2 heterocycles. The van der Waals surface area contributed by atoms with Gasteiger partial charge in [-0.1, -0.05) is 24.3 Å². The molecule has 6 nitrogen and oxygen atoms in total. The first-order valence-electron chi connectivity index (χ1n) is 8.81. The third-order valence-corrected chi connectivity index (χ3v) is 6.97. The number of pyridine rings is 1. The van der Waals surface area contributed by atoms with Crippen LogP contribution in [0.15, 0.2) is 89.5 Å². The minimum absolute atomic E-state index is 0.176. The molecule has 0 bridgehead atoms. The standard InChI is InChI=1S/C21H18N4O2S2/c22-18-7-9-20(10-8-18)29(26,27)25(19-2-1-11-23-14-19)15-16-3-5-17(6-4-16)21-24-12-13-28-21/h1-14H,15,22H2. The molecule has 0 radical (unpaired) electrons. The van der Waals surface area contributed by atoms with Crippen LogP contribution in [-0.2, 0) is 16.6 Å². The Morgan fingerprint density at radius 2 is 1.72 bits per heavy atom. The molecule has 2 N–H and O–H groups in total. The fraction of sp³-hybridized carbons (Fsp3) is 0.0476. The molecule has 2 aromatic carbocycles. The van der Waals surface area contributed by atoms with Gasteiger partial charge in [0.2, 0.25) is 0 Å². The van der Waals surface area contributed by atoms with E-state index in [4.69, 9.17) is 5.73 Å². The maximum atomic E-state index is 13.4. The maximum absolute atomic E-state index is 13.4. The normalized spacial score (nSPS) is 11.3. The Bertz CT molecular complexity index is 1180. The molecular formula is C21H18N4O2S2. The summed E-state index contributed by atoms with van der Waals surface area (Å²) >= 11 is 1.56. The molecule has 146 valence electrons. The first-order valence-corrected chi connectivity index (χ1v) is 11.1. The highest BCUT2D eigenvalue weighted by Gasteiger charge is 2.25. The summed E-state index contributed by atoms with van der Waals surface area (Å²) in [5.74, 6) is 0. The number of benzene rings is 2. The largest absolute Gasteiger partial charge is 0.399 e. The number of thiazole rings is 1. The topological polar surface area (TPSA) is 89.2 Å². The number of rotatable bonds is 6. The minimum Gasteiger partial charge on any atom is -0.399 e. The number of nitrogens with two attached hydrogens (primary N) is 1. The molecule has 8 heteroatoms. The number of hydrogen-bond acceptors (Lipinski definition) is 6. The van der Waals surface area contributed by atoms with Crippen LogP contribution in [0.4, 0.5) is 11.4 Å². The Labute approximate surface area is 173 Å². The van der Waals surface area contributed by atoms with Crippen molar-refractivity contribution in [1.29, 1.82) is 0 Å². The van der Waals surface area contributed by atoms with Crippen molar-refractivity contribution < 1.29 is 8.42 Å². The van der Waals surface area contributed by atoms with Crippen LogP contribution in [0, 0.1) is 0 Å². The molecular weight excluding hydrogens is 404 g/mol. The van der Waals surface area contributed by atoms with E-state index in [1.54, 1.807) is 54.2 Å². The lowest BCUT2D eigenvalue weighted by Crippen LogP contribution is -2.30. The molecule has 0 spiro atoms. The van der Waals surface area contributed by atoms with Crippen LogP contribution in [0.5, 0.6) is 0 Å². The van der Waals surface area contributed by atoms with Crippen LogP contribution in [0.25, 0.3) is 10.6 Å². The Kier molecular flexibility index (Phi) is 5.28. The predicted octanol–water partition coefficient (Wildman–Crippen LogP) is 4.18. The average molecular weight is 423 g/mol. The summed E-state index contributed by atoms with van der Waals surface area (Å²) in [5.41, 5.74) is 8.57. The summed E-state index contributed by atoms with van der Waals surface area (Å²) in [7, 11) is -3.79. The second-order valence-corrected chi connectivity index (χ2v) is 9.08. The van der Waals surface area contributed by atoms with Gasteiger partial charge >= 0.3 is 0 Å². The third-order valence-electron chi connectivity index (χ3n) is 4.36. The average Bonchev–Trinajstić information content (AvgIpc) is 3.28. The zero-order chi connectivity index (χ0) is 20.3. The van der Waals surface area contributed by atoms with E-state index >= 15 is 0 Å². The Balaban J connectivity index is 1.69. The van der Waals surface area contributed by atoms with Gasteiger partial charge in [-0.2, -0.15) is 0 Å². The third kappa shape index (κ3) is 4.13. The van der Waals surface area contributed by atoms with Gasteiger partial charge in [-0.3, -0.25) is 9.29 Å². The lowest BCUT2D eigenvalue weighted by molar-refractivity contribution is 0.590. The van der Waals surface area contributed by atoms with Crippen LogP contribution < -0.4 is 10.0 Å². The molecule has 0 amide bonds. The summed E-state index contributed by atoms with van der Waals surface area (Å²) in [5, 5.41) is 2.85. The highest BCUT2D eigenvalue weighted by molar-refractivity contribution is 7.92. The van der Waals surface area contributed by atoms with Crippen molar-refractivity contribution in [3.8, 4) is 10.6 Å². The predicted molar refractivity (Wildman–Crippen MR) is 116 cm³/mol. The SMILES string of the molecule is Nc1ccc(S(=O)(=O)N(Cc2ccc(-c3nccs3)cc2)c2cccnc2)cc1. The van der Waals surface area contributed by atoms with Crippen molar-refractivity contribution in [2.75, 3.05) is 10.0 Å². The fourth-order valence-corrected chi connectivity index (χ4v) is 4.95. The Hall–Kier alpha value is -3.23. The molecule has 0 fully saturated rings. The summed E-state index contributed by atoms with van der Waals surface area (Å²) in [6.07, 6.45) is 4.91. The first kappa shape index (κ1) is 19.1. The number of aromatic nitrogens is 2. The van der Waals surface area contributed by atoms with E-state index in [0.29, 0.717) is 11.4 Å². The van der Waals surface area contributed by atoms with Crippen LogP contribution in [0.1, 0.15) is 5.56 Å². The zero-order valence-corrected chi connectivity index (χ0v) is 17.0. The van der Waals surface area contributed by atoms with Crippen LogP contribution in [0.3, 0.4) is 0 Å². The number of anilines is 2. The highest BCUT2D eigenvalue weighted by atomic mass is 32.2. The number of hydrogen-bond donors (Lipinski definition) is 1. The molecule has 0 aliphatic rings. The van der Waals surface area contributed by atoms with Gasteiger partial charge in [-0.25, -0.2) is 13.4 Å². The zero-order valence-electron chi connectivity index (χ0n) is 15.3.